The molecule has 2 aromatic carbocycles. The Morgan fingerprint density at radius 1 is 1.13 bits per heavy atom. The van der Waals surface area contributed by atoms with Crippen molar-refractivity contribution in [2.45, 2.75) is 38.5 Å². The lowest BCUT2D eigenvalue weighted by Crippen LogP contribution is -2.34. The van der Waals surface area contributed by atoms with Gasteiger partial charge in [0.25, 0.3) is 0 Å². The van der Waals surface area contributed by atoms with Gasteiger partial charge in [0.15, 0.2) is 5.78 Å². The van der Waals surface area contributed by atoms with Crippen LogP contribution in [0.4, 0.5) is 0 Å². The number of phenols is 1. The van der Waals surface area contributed by atoms with E-state index in [0.717, 1.165) is 24.1 Å². The summed E-state index contributed by atoms with van der Waals surface area (Å²) in [6.45, 7) is 2.10. The number of ketones is 1. The molecule has 5 nitrogen and oxygen atoms in total. The molecule has 1 heterocycles. The van der Waals surface area contributed by atoms with Crippen LogP contribution in [0.15, 0.2) is 77.1 Å². The first-order chi connectivity index (χ1) is 14.5. The fraction of sp³-hybridized carbons (Fsp3) is 0.280. The van der Waals surface area contributed by atoms with Crippen LogP contribution in [0.3, 0.4) is 0 Å². The van der Waals surface area contributed by atoms with Crippen molar-refractivity contribution in [1.82, 2.24) is 5.32 Å². The van der Waals surface area contributed by atoms with Crippen LogP contribution in [-0.4, -0.2) is 23.5 Å². The van der Waals surface area contributed by atoms with Gasteiger partial charge >= 0.3 is 5.97 Å². The van der Waals surface area contributed by atoms with Crippen molar-refractivity contribution in [3.63, 3.8) is 0 Å². The number of ether oxygens (including phenoxy) is 1. The number of carbonyl (C=O) groups excluding carboxylic acids is 2. The summed E-state index contributed by atoms with van der Waals surface area (Å²) in [6, 6.07) is 16.6. The number of allylic oxidation sites excluding steroid dienone is 3. The molecule has 0 bridgehead atoms. The maximum Gasteiger partial charge on any atom is 0.336 e. The van der Waals surface area contributed by atoms with Crippen molar-refractivity contribution in [1.29, 1.82) is 0 Å². The third-order valence-electron chi connectivity index (χ3n) is 5.67. The summed E-state index contributed by atoms with van der Waals surface area (Å²) >= 11 is 0. The molecule has 0 fully saturated rings. The molecule has 4 rings (SSSR count). The molecule has 1 aliphatic heterocycles. The third-order valence-corrected chi connectivity index (χ3v) is 5.67. The fourth-order valence-electron chi connectivity index (χ4n) is 4.28. The number of dihydropyridines is 1. The van der Waals surface area contributed by atoms with E-state index < -0.39 is 11.9 Å². The molecule has 30 heavy (non-hydrogen) atoms. The second kappa shape index (κ2) is 8.57. The van der Waals surface area contributed by atoms with Gasteiger partial charge in [-0.1, -0.05) is 42.5 Å². The van der Waals surface area contributed by atoms with Crippen molar-refractivity contribution < 1.29 is 19.4 Å². The standard InChI is InChI=1S/C25H25NO4/c1-16-22(25(29)30-14-13-17-7-3-2-4-8-17)23(18-9-5-10-19(27)15-18)24-20(26-16)11-6-12-21(24)28/h2-5,7-10,15,23,26-27H,6,11-14H2,1H3/t23-/m1/s1. The minimum atomic E-state index is -0.537. The lowest BCUT2D eigenvalue weighted by Gasteiger charge is -2.34. The van der Waals surface area contributed by atoms with Gasteiger partial charge in [-0.15, -0.1) is 0 Å². The molecule has 0 saturated heterocycles. The quantitative estimate of drug-likeness (QED) is 0.734. The number of phenolic OH excluding ortho intramolecular Hbond substituents is 1. The Hall–Kier alpha value is -3.34. The highest BCUT2D eigenvalue weighted by Crippen LogP contribution is 2.43. The summed E-state index contributed by atoms with van der Waals surface area (Å²) in [5.41, 5.74) is 4.43. The Labute approximate surface area is 176 Å². The summed E-state index contributed by atoms with van der Waals surface area (Å²) in [5, 5.41) is 13.3. The molecule has 1 atom stereocenters. The molecule has 0 saturated carbocycles. The summed E-state index contributed by atoms with van der Waals surface area (Å²) in [5.74, 6) is -0.829. The molecular weight excluding hydrogens is 378 g/mol. The Morgan fingerprint density at radius 3 is 2.70 bits per heavy atom. The van der Waals surface area contributed by atoms with E-state index in [4.69, 9.17) is 4.74 Å². The maximum atomic E-state index is 13.1. The molecule has 2 aliphatic rings. The van der Waals surface area contributed by atoms with Gasteiger partial charge in [0, 0.05) is 35.7 Å². The van der Waals surface area contributed by atoms with Gasteiger partial charge in [0.1, 0.15) is 5.75 Å². The van der Waals surface area contributed by atoms with Gasteiger partial charge < -0.3 is 15.2 Å². The minimum Gasteiger partial charge on any atom is -0.508 e. The summed E-state index contributed by atoms with van der Waals surface area (Å²) in [6.07, 6.45) is 2.65. The Balaban J connectivity index is 1.64. The number of nitrogens with one attached hydrogen (secondary N) is 1. The lowest BCUT2D eigenvalue weighted by atomic mass is 9.75. The number of aromatic hydroxyl groups is 1. The van der Waals surface area contributed by atoms with Crippen molar-refractivity contribution in [3.8, 4) is 5.75 Å². The van der Waals surface area contributed by atoms with Gasteiger partial charge in [-0.25, -0.2) is 4.79 Å². The van der Waals surface area contributed by atoms with Crippen LogP contribution >= 0.6 is 0 Å². The zero-order chi connectivity index (χ0) is 21.1. The summed E-state index contributed by atoms with van der Waals surface area (Å²) in [7, 11) is 0. The maximum absolute atomic E-state index is 13.1. The van der Waals surface area contributed by atoms with Crippen LogP contribution in [0.25, 0.3) is 0 Å². The second-order valence-corrected chi connectivity index (χ2v) is 7.73. The molecule has 0 spiro atoms. The highest BCUT2D eigenvalue weighted by Gasteiger charge is 2.39. The van der Waals surface area contributed by atoms with E-state index in [1.807, 2.05) is 43.3 Å². The smallest absolute Gasteiger partial charge is 0.336 e. The molecule has 5 heteroatoms. The van der Waals surface area contributed by atoms with Crippen LogP contribution in [0, 0.1) is 0 Å². The van der Waals surface area contributed by atoms with E-state index in [1.54, 1.807) is 18.2 Å². The fourth-order valence-corrected chi connectivity index (χ4v) is 4.28. The first kappa shape index (κ1) is 20.0. The van der Waals surface area contributed by atoms with Gasteiger partial charge in [0.2, 0.25) is 0 Å². The van der Waals surface area contributed by atoms with E-state index in [2.05, 4.69) is 5.32 Å². The zero-order valence-corrected chi connectivity index (χ0v) is 17.0. The Morgan fingerprint density at radius 2 is 1.93 bits per heavy atom. The van der Waals surface area contributed by atoms with Crippen molar-refractivity contribution in [2.75, 3.05) is 6.61 Å². The molecular formula is C25H25NO4. The van der Waals surface area contributed by atoms with E-state index in [1.165, 1.54) is 0 Å². The van der Waals surface area contributed by atoms with E-state index >= 15 is 0 Å². The predicted octanol–water partition coefficient (Wildman–Crippen LogP) is 4.15. The molecule has 2 N–H and O–H groups in total. The van der Waals surface area contributed by atoms with Crippen LogP contribution in [-0.2, 0) is 20.7 Å². The third kappa shape index (κ3) is 4.01. The van der Waals surface area contributed by atoms with Crippen molar-refractivity contribution >= 4 is 11.8 Å². The topological polar surface area (TPSA) is 75.6 Å². The number of rotatable bonds is 5. The summed E-state index contributed by atoms with van der Waals surface area (Å²) < 4.78 is 5.62. The van der Waals surface area contributed by atoms with Crippen LogP contribution in [0.1, 0.15) is 43.2 Å². The summed E-state index contributed by atoms with van der Waals surface area (Å²) in [4.78, 5) is 26.0. The number of carbonyl (C=O) groups is 2. The highest BCUT2D eigenvalue weighted by molar-refractivity contribution is 6.03. The lowest BCUT2D eigenvalue weighted by molar-refractivity contribution is -0.139. The van der Waals surface area contributed by atoms with E-state index in [-0.39, 0.29) is 18.1 Å². The molecule has 0 amide bonds. The van der Waals surface area contributed by atoms with Crippen molar-refractivity contribution in [3.05, 3.63) is 88.3 Å². The average molecular weight is 403 g/mol. The molecule has 0 radical (unpaired) electrons. The molecule has 0 unspecified atom stereocenters. The zero-order valence-electron chi connectivity index (χ0n) is 17.0. The number of hydrogen-bond donors (Lipinski definition) is 2. The van der Waals surface area contributed by atoms with Gasteiger partial charge in [0.05, 0.1) is 12.2 Å². The van der Waals surface area contributed by atoms with E-state index in [9.17, 15) is 14.7 Å². The first-order valence-corrected chi connectivity index (χ1v) is 10.3. The number of esters is 1. The Bertz CT molecular complexity index is 1040. The number of Topliss-reactive ketones (excluding diaryl/α,β-unsaturated/α-hetero) is 1. The van der Waals surface area contributed by atoms with Gasteiger partial charge in [-0.3, -0.25) is 4.79 Å². The minimum absolute atomic E-state index is 0.0409. The van der Waals surface area contributed by atoms with Crippen molar-refractivity contribution in [2.24, 2.45) is 0 Å². The van der Waals surface area contributed by atoms with Gasteiger partial charge in [-0.05, 0) is 43.0 Å². The number of hydrogen-bond acceptors (Lipinski definition) is 5. The highest BCUT2D eigenvalue weighted by atomic mass is 16.5. The predicted molar refractivity (Wildman–Crippen MR) is 114 cm³/mol. The molecule has 0 aromatic heterocycles. The Kier molecular flexibility index (Phi) is 5.70. The first-order valence-electron chi connectivity index (χ1n) is 10.3. The SMILES string of the molecule is CC1=C(C(=O)OCCc2ccccc2)[C@@H](c2cccc(O)c2)C2=C(CCCC2=O)N1. The van der Waals surface area contributed by atoms with E-state index in [0.29, 0.717) is 35.2 Å². The average Bonchev–Trinajstić information content (AvgIpc) is 2.73. The number of benzene rings is 2. The molecule has 1 aliphatic carbocycles. The second-order valence-electron chi connectivity index (χ2n) is 7.73. The van der Waals surface area contributed by atoms with Crippen LogP contribution in [0.2, 0.25) is 0 Å². The normalized spacial score (nSPS) is 18.7. The largest absolute Gasteiger partial charge is 0.508 e. The molecule has 154 valence electrons. The van der Waals surface area contributed by atoms with Crippen LogP contribution in [0.5, 0.6) is 5.75 Å². The molecule has 2 aromatic rings. The van der Waals surface area contributed by atoms with Crippen LogP contribution < -0.4 is 5.32 Å². The van der Waals surface area contributed by atoms with Gasteiger partial charge in [-0.2, -0.15) is 0 Å². The monoisotopic (exact) mass is 403 g/mol.